The lowest BCUT2D eigenvalue weighted by molar-refractivity contribution is 0.0728. The van der Waals surface area contributed by atoms with Crippen molar-refractivity contribution >= 4 is 29.1 Å². The van der Waals surface area contributed by atoms with Crippen molar-refractivity contribution in [2.24, 2.45) is 0 Å². The van der Waals surface area contributed by atoms with Gasteiger partial charge in [0, 0.05) is 17.8 Å². The molecule has 7 heteroatoms. The average molecular weight is 381 g/mol. The molecule has 1 aliphatic carbocycles. The predicted molar refractivity (Wildman–Crippen MR) is 96.7 cm³/mol. The molecule has 0 spiro atoms. The summed E-state index contributed by atoms with van der Waals surface area (Å²) in [6.07, 6.45) is 3.41. The minimum atomic E-state index is -0.126. The molecule has 0 N–H and O–H groups in total. The molecule has 0 aliphatic heterocycles. The summed E-state index contributed by atoms with van der Waals surface area (Å²) in [6, 6.07) is 7.31. The van der Waals surface area contributed by atoms with Gasteiger partial charge in [-0.15, -0.1) is 0 Å². The Kier molecular flexibility index (Phi) is 5.35. The number of rotatable bonds is 6. The molecule has 2 aromatic rings. The van der Waals surface area contributed by atoms with Gasteiger partial charge in [0.15, 0.2) is 0 Å². The molecule has 5 nitrogen and oxygen atoms in total. The van der Waals surface area contributed by atoms with Crippen LogP contribution >= 0.6 is 23.2 Å². The zero-order valence-corrected chi connectivity index (χ0v) is 15.5. The third-order valence-corrected chi connectivity index (χ3v) is 4.81. The van der Waals surface area contributed by atoms with Crippen LogP contribution in [0.15, 0.2) is 30.5 Å². The van der Waals surface area contributed by atoms with Crippen LogP contribution in [-0.4, -0.2) is 36.1 Å². The molecule has 25 heavy (non-hydrogen) atoms. The first-order valence-corrected chi connectivity index (χ1v) is 8.62. The smallest absolute Gasteiger partial charge is 0.256 e. The fourth-order valence-electron chi connectivity index (χ4n) is 2.65. The van der Waals surface area contributed by atoms with E-state index in [2.05, 4.69) is 4.98 Å². The number of nitrogens with zero attached hydrogens (tertiary/aromatic N) is 2. The van der Waals surface area contributed by atoms with Crippen LogP contribution in [0.3, 0.4) is 0 Å². The van der Waals surface area contributed by atoms with Gasteiger partial charge in [0.1, 0.15) is 16.7 Å². The molecule has 0 atom stereocenters. The van der Waals surface area contributed by atoms with Crippen LogP contribution in [-0.2, 0) is 6.54 Å². The van der Waals surface area contributed by atoms with Crippen LogP contribution < -0.4 is 9.47 Å². The summed E-state index contributed by atoms with van der Waals surface area (Å²) in [6.45, 7) is 0.421. The molecule has 0 unspecified atom stereocenters. The fourth-order valence-corrected chi connectivity index (χ4v) is 2.92. The summed E-state index contributed by atoms with van der Waals surface area (Å²) in [5.41, 5.74) is 1.30. The van der Waals surface area contributed by atoms with Crippen LogP contribution in [0.2, 0.25) is 10.2 Å². The fraction of sp³-hybridized carbons (Fsp3) is 0.333. The first-order chi connectivity index (χ1) is 12.0. The number of amides is 1. The molecule has 0 saturated heterocycles. The maximum Gasteiger partial charge on any atom is 0.256 e. The number of halogens is 2. The van der Waals surface area contributed by atoms with Gasteiger partial charge in [-0.05, 0) is 37.1 Å². The monoisotopic (exact) mass is 380 g/mol. The van der Waals surface area contributed by atoms with E-state index in [-0.39, 0.29) is 22.1 Å². The van der Waals surface area contributed by atoms with Crippen LogP contribution in [0.1, 0.15) is 28.8 Å². The van der Waals surface area contributed by atoms with Crippen molar-refractivity contribution in [1.29, 1.82) is 0 Å². The Labute approximate surface area is 156 Å². The first-order valence-electron chi connectivity index (χ1n) is 7.86. The van der Waals surface area contributed by atoms with Gasteiger partial charge in [-0.2, -0.15) is 0 Å². The standard InChI is InChI=1S/C18H18Cl2N2O3/c1-24-14-5-6-16(25-2)12(7-14)10-22(13-3-4-13)18(23)11-8-15(19)17(20)21-9-11/h5-9,13H,3-4,10H2,1-2H3. The molecule has 1 fully saturated rings. The molecular formula is C18H18Cl2N2O3. The van der Waals surface area contributed by atoms with Gasteiger partial charge in [0.05, 0.1) is 31.4 Å². The van der Waals surface area contributed by atoms with Gasteiger partial charge in [-0.3, -0.25) is 4.79 Å². The molecule has 1 aromatic heterocycles. The molecule has 1 heterocycles. The Morgan fingerprint density at radius 2 is 2.00 bits per heavy atom. The van der Waals surface area contributed by atoms with Crippen molar-refractivity contribution in [2.45, 2.75) is 25.4 Å². The molecular weight excluding hydrogens is 363 g/mol. The molecule has 1 amide bonds. The lowest BCUT2D eigenvalue weighted by atomic mass is 10.1. The van der Waals surface area contributed by atoms with Gasteiger partial charge < -0.3 is 14.4 Å². The molecule has 3 rings (SSSR count). The second kappa shape index (κ2) is 7.50. The van der Waals surface area contributed by atoms with Crippen molar-refractivity contribution in [3.05, 3.63) is 51.8 Å². The summed E-state index contributed by atoms with van der Waals surface area (Å²) in [5.74, 6) is 1.31. The van der Waals surface area contributed by atoms with Crippen molar-refractivity contribution < 1.29 is 14.3 Å². The Balaban J connectivity index is 1.89. The summed E-state index contributed by atoms with van der Waals surface area (Å²) >= 11 is 11.8. The van der Waals surface area contributed by atoms with Crippen LogP contribution in [0.25, 0.3) is 0 Å². The predicted octanol–water partition coefficient (Wildman–Crippen LogP) is 4.21. The zero-order valence-electron chi connectivity index (χ0n) is 14.0. The van der Waals surface area contributed by atoms with Gasteiger partial charge in [0.25, 0.3) is 5.91 Å². The Bertz CT molecular complexity index is 794. The number of hydrogen-bond acceptors (Lipinski definition) is 4. The number of aromatic nitrogens is 1. The number of hydrogen-bond donors (Lipinski definition) is 0. The topological polar surface area (TPSA) is 51.7 Å². The molecule has 132 valence electrons. The minimum Gasteiger partial charge on any atom is -0.497 e. The van der Waals surface area contributed by atoms with Crippen molar-refractivity contribution in [3.8, 4) is 11.5 Å². The summed E-state index contributed by atoms with van der Waals surface area (Å²) in [7, 11) is 3.22. The average Bonchev–Trinajstić information content (AvgIpc) is 3.46. The third kappa shape index (κ3) is 3.99. The Hall–Kier alpha value is -1.98. The maximum absolute atomic E-state index is 13.0. The number of carbonyl (C=O) groups is 1. The highest BCUT2D eigenvalue weighted by Crippen LogP contribution is 2.33. The Morgan fingerprint density at radius 3 is 2.60 bits per heavy atom. The highest BCUT2D eigenvalue weighted by molar-refractivity contribution is 6.41. The zero-order chi connectivity index (χ0) is 18.0. The van der Waals surface area contributed by atoms with Crippen LogP contribution in [0.5, 0.6) is 11.5 Å². The molecule has 1 saturated carbocycles. The van der Waals surface area contributed by atoms with E-state index >= 15 is 0 Å². The number of methoxy groups -OCH3 is 2. The normalized spacial score (nSPS) is 13.4. The molecule has 0 bridgehead atoms. The second-order valence-electron chi connectivity index (χ2n) is 5.84. The van der Waals surface area contributed by atoms with Crippen molar-refractivity contribution in [3.63, 3.8) is 0 Å². The van der Waals surface area contributed by atoms with E-state index in [1.165, 1.54) is 6.20 Å². The summed E-state index contributed by atoms with van der Waals surface area (Å²) in [5, 5.41) is 0.452. The number of ether oxygens (including phenoxy) is 2. The highest BCUT2D eigenvalue weighted by atomic mass is 35.5. The highest BCUT2D eigenvalue weighted by Gasteiger charge is 2.34. The second-order valence-corrected chi connectivity index (χ2v) is 6.60. The molecule has 1 aromatic carbocycles. The van der Waals surface area contributed by atoms with Crippen molar-refractivity contribution in [1.82, 2.24) is 9.88 Å². The molecule has 1 aliphatic rings. The van der Waals surface area contributed by atoms with E-state index < -0.39 is 0 Å². The SMILES string of the molecule is COc1ccc(OC)c(CN(C(=O)c2cnc(Cl)c(Cl)c2)C2CC2)c1. The van der Waals surface area contributed by atoms with E-state index in [1.54, 1.807) is 20.3 Å². The van der Waals surface area contributed by atoms with Gasteiger partial charge >= 0.3 is 0 Å². The van der Waals surface area contributed by atoms with Crippen LogP contribution in [0.4, 0.5) is 0 Å². The lowest BCUT2D eigenvalue weighted by Gasteiger charge is -2.24. The maximum atomic E-state index is 13.0. The number of benzene rings is 1. The van der Waals surface area contributed by atoms with E-state index in [0.717, 1.165) is 24.2 Å². The van der Waals surface area contributed by atoms with E-state index in [9.17, 15) is 4.79 Å². The van der Waals surface area contributed by atoms with Crippen LogP contribution in [0, 0.1) is 0 Å². The van der Waals surface area contributed by atoms with Gasteiger partial charge in [0.2, 0.25) is 0 Å². The van der Waals surface area contributed by atoms with Gasteiger partial charge in [-0.25, -0.2) is 4.98 Å². The molecule has 0 radical (unpaired) electrons. The quantitative estimate of drug-likeness (QED) is 0.704. The minimum absolute atomic E-state index is 0.126. The first kappa shape index (κ1) is 17.8. The summed E-state index contributed by atoms with van der Waals surface area (Å²) < 4.78 is 10.7. The number of carbonyl (C=O) groups excluding carboxylic acids is 1. The lowest BCUT2D eigenvalue weighted by Crippen LogP contribution is -2.32. The van der Waals surface area contributed by atoms with E-state index in [0.29, 0.717) is 17.9 Å². The third-order valence-electron chi connectivity index (χ3n) is 4.12. The van der Waals surface area contributed by atoms with E-state index in [1.807, 2.05) is 23.1 Å². The van der Waals surface area contributed by atoms with Crippen molar-refractivity contribution in [2.75, 3.05) is 14.2 Å². The Morgan fingerprint density at radius 1 is 1.24 bits per heavy atom. The number of pyridine rings is 1. The van der Waals surface area contributed by atoms with Gasteiger partial charge in [-0.1, -0.05) is 23.2 Å². The van der Waals surface area contributed by atoms with E-state index in [4.69, 9.17) is 32.7 Å². The summed E-state index contributed by atoms with van der Waals surface area (Å²) in [4.78, 5) is 18.7. The largest absolute Gasteiger partial charge is 0.497 e.